The van der Waals surface area contributed by atoms with E-state index >= 15 is 0 Å². The number of rotatable bonds is 8. The standard InChI is InChI=1S/C19H28IN3O2/c1-15-7-6-12-23(14-15)11-5-4-10-21-18(24)13-22-19(25)16-8-2-3-9-17(16)20/h2-3,8-9,15H,4-7,10-14H2,1H3,(H,21,24)(H,22,25). The average molecular weight is 457 g/mol. The van der Waals surface area contributed by atoms with Gasteiger partial charge in [0.2, 0.25) is 5.91 Å². The Balaban J connectivity index is 1.55. The van der Waals surface area contributed by atoms with Crippen LogP contribution in [0.4, 0.5) is 0 Å². The smallest absolute Gasteiger partial charge is 0.252 e. The van der Waals surface area contributed by atoms with E-state index in [2.05, 4.69) is 45.0 Å². The molecule has 1 aromatic rings. The van der Waals surface area contributed by atoms with E-state index in [1.165, 1.54) is 25.9 Å². The molecule has 1 aliphatic rings. The van der Waals surface area contributed by atoms with Crippen molar-refractivity contribution >= 4 is 34.4 Å². The van der Waals surface area contributed by atoms with Crippen LogP contribution in [-0.2, 0) is 4.79 Å². The molecule has 1 saturated heterocycles. The number of nitrogens with one attached hydrogen (secondary N) is 2. The summed E-state index contributed by atoms with van der Waals surface area (Å²) in [5.74, 6) is 0.468. The Labute approximate surface area is 164 Å². The number of amides is 2. The molecule has 0 aliphatic carbocycles. The average Bonchev–Trinajstić information content (AvgIpc) is 2.60. The molecule has 2 rings (SSSR count). The summed E-state index contributed by atoms with van der Waals surface area (Å²) in [4.78, 5) is 26.4. The molecule has 1 atom stereocenters. The van der Waals surface area contributed by atoms with E-state index in [1.807, 2.05) is 18.2 Å². The number of nitrogens with zero attached hydrogens (tertiary/aromatic N) is 1. The number of piperidine rings is 1. The Morgan fingerprint density at radius 3 is 2.80 bits per heavy atom. The van der Waals surface area contributed by atoms with Gasteiger partial charge >= 0.3 is 0 Å². The minimum atomic E-state index is -0.209. The zero-order valence-corrected chi connectivity index (χ0v) is 17.0. The summed E-state index contributed by atoms with van der Waals surface area (Å²) in [7, 11) is 0. The van der Waals surface area contributed by atoms with Crippen LogP contribution in [0.2, 0.25) is 0 Å². The van der Waals surface area contributed by atoms with Crippen LogP contribution in [0.25, 0.3) is 0 Å². The van der Waals surface area contributed by atoms with Crippen molar-refractivity contribution in [3.63, 3.8) is 0 Å². The Morgan fingerprint density at radius 2 is 2.04 bits per heavy atom. The van der Waals surface area contributed by atoms with Crippen molar-refractivity contribution in [1.29, 1.82) is 0 Å². The van der Waals surface area contributed by atoms with Crippen molar-refractivity contribution in [3.8, 4) is 0 Å². The second kappa shape index (κ2) is 10.8. The van der Waals surface area contributed by atoms with Crippen LogP contribution in [0, 0.1) is 9.49 Å². The fourth-order valence-corrected chi connectivity index (χ4v) is 3.77. The number of benzene rings is 1. The summed E-state index contributed by atoms with van der Waals surface area (Å²) >= 11 is 2.12. The number of hydrogen-bond donors (Lipinski definition) is 2. The van der Waals surface area contributed by atoms with Crippen molar-refractivity contribution in [2.45, 2.75) is 32.6 Å². The van der Waals surface area contributed by atoms with E-state index in [-0.39, 0.29) is 18.4 Å². The van der Waals surface area contributed by atoms with Gasteiger partial charge in [-0.2, -0.15) is 0 Å². The van der Waals surface area contributed by atoms with Gasteiger partial charge < -0.3 is 15.5 Å². The van der Waals surface area contributed by atoms with E-state index in [9.17, 15) is 9.59 Å². The zero-order chi connectivity index (χ0) is 18.1. The Hall–Kier alpha value is -1.15. The molecule has 138 valence electrons. The molecule has 2 amide bonds. The molecule has 1 aliphatic heterocycles. The molecule has 0 saturated carbocycles. The largest absolute Gasteiger partial charge is 0.355 e. The molecule has 1 heterocycles. The van der Waals surface area contributed by atoms with Gasteiger partial charge in [-0.3, -0.25) is 9.59 Å². The number of carbonyl (C=O) groups excluding carboxylic acids is 2. The summed E-state index contributed by atoms with van der Waals surface area (Å²) in [6.07, 6.45) is 4.72. The molecule has 0 spiro atoms. The molecular weight excluding hydrogens is 429 g/mol. The van der Waals surface area contributed by atoms with Crippen LogP contribution < -0.4 is 10.6 Å². The number of unbranched alkanes of at least 4 members (excludes halogenated alkanes) is 1. The molecular formula is C19H28IN3O2. The molecule has 25 heavy (non-hydrogen) atoms. The lowest BCUT2D eigenvalue weighted by molar-refractivity contribution is -0.120. The first-order valence-electron chi connectivity index (χ1n) is 9.08. The first kappa shape index (κ1) is 20.2. The summed E-state index contributed by atoms with van der Waals surface area (Å²) < 4.78 is 0.880. The Morgan fingerprint density at radius 1 is 1.24 bits per heavy atom. The van der Waals surface area contributed by atoms with Crippen molar-refractivity contribution in [3.05, 3.63) is 33.4 Å². The van der Waals surface area contributed by atoms with Crippen LogP contribution in [0.15, 0.2) is 24.3 Å². The molecule has 1 aromatic carbocycles. The van der Waals surface area contributed by atoms with Gasteiger partial charge in [-0.05, 0) is 79.4 Å². The van der Waals surface area contributed by atoms with Crippen molar-refractivity contribution in [1.82, 2.24) is 15.5 Å². The number of hydrogen-bond acceptors (Lipinski definition) is 3. The van der Waals surface area contributed by atoms with E-state index in [0.29, 0.717) is 12.1 Å². The van der Waals surface area contributed by atoms with Crippen molar-refractivity contribution in [2.75, 3.05) is 32.7 Å². The normalized spacial score (nSPS) is 17.9. The third-order valence-electron chi connectivity index (χ3n) is 4.49. The second-order valence-corrected chi connectivity index (χ2v) is 7.93. The highest BCUT2D eigenvalue weighted by atomic mass is 127. The van der Waals surface area contributed by atoms with Crippen LogP contribution in [-0.4, -0.2) is 49.4 Å². The van der Waals surface area contributed by atoms with Crippen LogP contribution >= 0.6 is 22.6 Å². The topological polar surface area (TPSA) is 61.4 Å². The highest BCUT2D eigenvalue weighted by Crippen LogP contribution is 2.15. The molecule has 6 heteroatoms. The Bertz CT molecular complexity index is 580. The molecule has 1 fully saturated rings. The van der Waals surface area contributed by atoms with E-state index < -0.39 is 0 Å². The fourth-order valence-electron chi connectivity index (χ4n) is 3.14. The lowest BCUT2D eigenvalue weighted by Crippen LogP contribution is -2.38. The van der Waals surface area contributed by atoms with E-state index in [0.717, 1.165) is 28.9 Å². The molecule has 0 aromatic heterocycles. The SMILES string of the molecule is CC1CCCN(CCCCNC(=O)CNC(=O)c2ccccc2I)C1. The van der Waals surface area contributed by atoms with Gasteiger partial charge in [0.15, 0.2) is 0 Å². The second-order valence-electron chi connectivity index (χ2n) is 6.77. The van der Waals surface area contributed by atoms with Crippen LogP contribution in [0.3, 0.4) is 0 Å². The summed E-state index contributed by atoms with van der Waals surface area (Å²) in [5.41, 5.74) is 0.603. The first-order valence-corrected chi connectivity index (χ1v) is 10.2. The highest BCUT2D eigenvalue weighted by Gasteiger charge is 2.15. The lowest BCUT2D eigenvalue weighted by Gasteiger charge is -2.30. The van der Waals surface area contributed by atoms with Gasteiger partial charge in [0.1, 0.15) is 0 Å². The maximum Gasteiger partial charge on any atom is 0.252 e. The summed E-state index contributed by atoms with van der Waals surface area (Å²) in [5, 5.41) is 5.55. The summed E-state index contributed by atoms with van der Waals surface area (Å²) in [6.45, 7) is 6.53. The molecule has 5 nitrogen and oxygen atoms in total. The van der Waals surface area contributed by atoms with Gasteiger partial charge in [-0.1, -0.05) is 19.1 Å². The minimum Gasteiger partial charge on any atom is -0.355 e. The van der Waals surface area contributed by atoms with E-state index in [1.54, 1.807) is 6.07 Å². The molecule has 2 N–H and O–H groups in total. The quantitative estimate of drug-likeness (QED) is 0.466. The Kier molecular flexibility index (Phi) is 8.67. The fraction of sp³-hybridized carbons (Fsp3) is 0.579. The van der Waals surface area contributed by atoms with Gasteiger partial charge in [-0.15, -0.1) is 0 Å². The van der Waals surface area contributed by atoms with Crippen molar-refractivity contribution < 1.29 is 9.59 Å². The van der Waals surface area contributed by atoms with Gasteiger partial charge in [0, 0.05) is 16.7 Å². The van der Waals surface area contributed by atoms with E-state index in [4.69, 9.17) is 0 Å². The highest BCUT2D eigenvalue weighted by molar-refractivity contribution is 14.1. The molecule has 0 bridgehead atoms. The summed E-state index contributed by atoms with van der Waals surface area (Å²) in [6, 6.07) is 7.34. The monoisotopic (exact) mass is 457 g/mol. The first-order chi connectivity index (χ1) is 12.1. The third kappa shape index (κ3) is 7.32. The van der Waals surface area contributed by atoms with Crippen LogP contribution in [0.1, 0.15) is 43.0 Å². The predicted octanol–water partition coefficient (Wildman–Crippen LogP) is 2.65. The third-order valence-corrected chi connectivity index (χ3v) is 5.43. The van der Waals surface area contributed by atoms with Gasteiger partial charge in [-0.25, -0.2) is 0 Å². The number of likely N-dealkylation sites (tertiary alicyclic amines) is 1. The van der Waals surface area contributed by atoms with Crippen LogP contribution in [0.5, 0.6) is 0 Å². The minimum absolute atomic E-state index is 0.0213. The number of carbonyl (C=O) groups is 2. The van der Waals surface area contributed by atoms with Crippen molar-refractivity contribution in [2.24, 2.45) is 5.92 Å². The molecule has 1 unspecified atom stereocenters. The maximum atomic E-state index is 12.0. The number of halogens is 1. The molecule has 0 radical (unpaired) electrons. The zero-order valence-electron chi connectivity index (χ0n) is 14.9. The lowest BCUT2D eigenvalue weighted by atomic mass is 10.0. The maximum absolute atomic E-state index is 12.0. The van der Waals surface area contributed by atoms with Gasteiger partial charge in [0.05, 0.1) is 12.1 Å². The predicted molar refractivity (Wildman–Crippen MR) is 109 cm³/mol. The van der Waals surface area contributed by atoms with Gasteiger partial charge in [0.25, 0.3) is 5.91 Å².